The van der Waals surface area contributed by atoms with Crippen LogP contribution in [0.4, 0.5) is 0 Å². The molecule has 7 nitrogen and oxygen atoms in total. The molecule has 33 heavy (non-hydrogen) atoms. The van der Waals surface area contributed by atoms with E-state index in [1.807, 2.05) is 24.3 Å². The second-order valence-corrected chi connectivity index (χ2v) is 10.8. The number of rotatable bonds is 7. The highest BCUT2D eigenvalue weighted by Gasteiger charge is 2.33. The first-order chi connectivity index (χ1) is 15.9. The van der Waals surface area contributed by atoms with Crippen molar-refractivity contribution in [3.8, 4) is 0 Å². The van der Waals surface area contributed by atoms with Crippen LogP contribution >= 0.6 is 0 Å². The number of esters is 1. The number of benzene rings is 1. The molecule has 2 fully saturated rings. The van der Waals surface area contributed by atoms with E-state index in [1.165, 1.54) is 60.4 Å². The summed E-state index contributed by atoms with van der Waals surface area (Å²) in [6, 6.07) is 10.8. The first kappa shape index (κ1) is 23.6. The Morgan fingerprint density at radius 2 is 1.67 bits per heavy atom. The summed E-state index contributed by atoms with van der Waals surface area (Å²) in [7, 11) is -3.62. The highest BCUT2D eigenvalue weighted by molar-refractivity contribution is 7.89. The molecular weight excluding hydrogens is 440 g/mol. The van der Waals surface area contributed by atoms with Crippen LogP contribution in [-0.4, -0.2) is 49.2 Å². The van der Waals surface area contributed by atoms with Crippen LogP contribution < -0.4 is 0 Å². The summed E-state index contributed by atoms with van der Waals surface area (Å²) >= 11 is 0. The molecule has 2 heterocycles. The third-order valence-electron chi connectivity index (χ3n) is 6.71. The Morgan fingerprint density at radius 3 is 2.30 bits per heavy atom. The molecule has 1 saturated heterocycles. The van der Waals surface area contributed by atoms with Gasteiger partial charge in [-0.2, -0.15) is 4.31 Å². The van der Waals surface area contributed by atoms with E-state index >= 15 is 0 Å². The summed E-state index contributed by atoms with van der Waals surface area (Å²) in [4.78, 5) is 29.0. The molecule has 0 spiro atoms. The summed E-state index contributed by atoms with van der Waals surface area (Å²) in [5, 5.41) is 0. The van der Waals surface area contributed by atoms with Crippen molar-refractivity contribution in [2.24, 2.45) is 5.92 Å². The van der Waals surface area contributed by atoms with Crippen LogP contribution in [0.3, 0.4) is 0 Å². The van der Waals surface area contributed by atoms with Gasteiger partial charge in [-0.3, -0.25) is 14.6 Å². The first-order valence-electron chi connectivity index (χ1n) is 11.6. The molecular formula is C25H30N2O5S. The second-order valence-electron chi connectivity index (χ2n) is 8.85. The number of Topliss-reactive ketones (excluding diaryl/α,β-unsaturated/α-hetero) is 1. The van der Waals surface area contributed by atoms with E-state index < -0.39 is 21.9 Å². The molecule has 4 rings (SSSR count). The van der Waals surface area contributed by atoms with E-state index in [9.17, 15) is 18.0 Å². The minimum atomic E-state index is -3.62. The Kier molecular flexibility index (Phi) is 7.55. The van der Waals surface area contributed by atoms with E-state index in [-0.39, 0.29) is 30.4 Å². The van der Waals surface area contributed by atoms with E-state index in [1.54, 1.807) is 6.07 Å². The molecule has 0 unspecified atom stereocenters. The summed E-state index contributed by atoms with van der Waals surface area (Å²) in [6.07, 6.45) is 9.80. The van der Waals surface area contributed by atoms with Crippen LogP contribution in [0, 0.1) is 5.92 Å². The SMILES string of the molecule is O=C(COC(=O)C1CCN(S(=O)(=O)c2cccnc2)CC1)c1ccc(C2CCCCC2)cc1. The summed E-state index contributed by atoms with van der Waals surface area (Å²) < 4.78 is 32.0. The predicted molar refractivity (Wildman–Crippen MR) is 123 cm³/mol. The predicted octanol–water partition coefficient (Wildman–Crippen LogP) is 3.96. The number of pyridine rings is 1. The fourth-order valence-corrected chi connectivity index (χ4v) is 6.13. The number of sulfonamides is 1. The molecule has 2 aromatic rings. The van der Waals surface area contributed by atoms with E-state index in [4.69, 9.17) is 4.74 Å². The van der Waals surface area contributed by atoms with Gasteiger partial charge in [0.05, 0.1) is 5.92 Å². The van der Waals surface area contributed by atoms with E-state index in [0.717, 1.165) is 0 Å². The standard InChI is InChI=1S/C25H30N2O5S/c28-24(21-10-8-20(9-11-21)19-5-2-1-3-6-19)18-32-25(29)22-12-15-27(16-13-22)33(30,31)23-7-4-14-26-17-23/h4,7-11,14,17,19,22H,1-3,5-6,12-13,15-16,18H2. The van der Waals surface area contributed by atoms with E-state index in [0.29, 0.717) is 24.3 Å². The largest absolute Gasteiger partial charge is 0.457 e. The van der Waals surface area contributed by atoms with Crippen molar-refractivity contribution >= 4 is 21.8 Å². The molecule has 8 heteroatoms. The third kappa shape index (κ3) is 5.68. The Labute approximate surface area is 195 Å². The maximum absolute atomic E-state index is 12.7. The highest BCUT2D eigenvalue weighted by Crippen LogP contribution is 2.32. The van der Waals surface area contributed by atoms with Crippen molar-refractivity contribution in [2.45, 2.75) is 55.8 Å². The van der Waals surface area contributed by atoms with Crippen molar-refractivity contribution in [2.75, 3.05) is 19.7 Å². The number of carbonyl (C=O) groups excluding carboxylic acids is 2. The van der Waals surface area contributed by atoms with Gasteiger partial charge in [0.1, 0.15) is 4.90 Å². The van der Waals surface area contributed by atoms with Crippen LogP contribution in [0.25, 0.3) is 0 Å². The molecule has 176 valence electrons. The van der Waals surface area contributed by atoms with Crippen LogP contribution in [0.2, 0.25) is 0 Å². The Hall–Kier alpha value is -2.58. The smallest absolute Gasteiger partial charge is 0.309 e. The molecule has 0 N–H and O–H groups in total. The average Bonchev–Trinajstić information content (AvgIpc) is 2.88. The Morgan fingerprint density at radius 1 is 0.970 bits per heavy atom. The zero-order valence-electron chi connectivity index (χ0n) is 18.7. The molecule has 0 radical (unpaired) electrons. The topological polar surface area (TPSA) is 93.6 Å². The zero-order chi connectivity index (χ0) is 23.3. The van der Waals surface area contributed by atoms with Gasteiger partial charge in [0, 0.05) is 31.0 Å². The lowest BCUT2D eigenvalue weighted by atomic mass is 9.84. The van der Waals surface area contributed by atoms with Gasteiger partial charge in [-0.1, -0.05) is 43.5 Å². The maximum atomic E-state index is 12.7. The van der Waals surface area contributed by atoms with Gasteiger partial charge in [-0.05, 0) is 49.3 Å². The van der Waals surface area contributed by atoms with Crippen molar-refractivity contribution in [1.29, 1.82) is 0 Å². The number of aromatic nitrogens is 1. The van der Waals surface area contributed by atoms with Gasteiger partial charge in [0.2, 0.25) is 10.0 Å². The normalized spacial score (nSPS) is 18.7. The van der Waals surface area contributed by atoms with Crippen molar-refractivity contribution in [1.82, 2.24) is 9.29 Å². The van der Waals surface area contributed by atoms with Crippen molar-refractivity contribution < 1.29 is 22.7 Å². The lowest BCUT2D eigenvalue weighted by molar-refractivity contribution is -0.148. The molecule has 0 amide bonds. The molecule has 1 aliphatic carbocycles. The summed E-state index contributed by atoms with van der Waals surface area (Å²) in [5.41, 5.74) is 1.82. The van der Waals surface area contributed by atoms with Crippen molar-refractivity contribution in [3.63, 3.8) is 0 Å². The molecule has 1 saturated carbocycles. The fourth-order valence-electron chi connectivity index (χ4n) is 4.70. The lowest BCUT2D eigenvalue weighted by Gasteiger charge is -2.29. The Bertz CT molecular complexity index is 1060. The van der Waals surface area contributed by atoms with Gasteiger partial charge in [-0.15, -0.1) is 0 Å². The van der Waals surface area contributed by atoms with Gasteiger partial charge < -0.3 is 4.74 Å². The minimum Gasteiger partial charge on any atom is -0.457 e. The Balaban J connectivity index is 1.25. The summed E-state index contributed by atoms with van der Waals surface area (Å²) in [5.74, 6) is -0.504. The molecule has 1 aliphatic heterocycles. The molecule has 1 aromatic heterocycles. The molecule has 0 atom stereocenters. The maximum Gasteiger partial charge on any atom is 0.309 e. The van der Waals surface area contributed by atoms with Gasteiger partial charge in [0.25, 0.3) is 0 Å². The lowest BCUT2D eigenvalue weighted by Crippen LogP contribution is -2.40. The van der Waals surface area contributed by atoms with Gasteiger partial charge >= 0.3 is 5.97 Å². The zero-order valence-corrected chi connectivity index (χ0v) is 19.5. The fraction of sp³-hybridized carbons (Fsp3) is 0.480. The van der Waals surface area contributed by atoms with Crippen LogP contribution in [0.15, 0.2) is 53.7 Å². The van der Waals surface area contributed by atoms with Crippen LogP contribution in [0.5, 0.6) is 0 Å². The number of ether oxygens (including phenoxy) is 1. The monoisotopic (exact) mass is 470 g/mol. The van der Waals surface area contributed by atoms with Crippen LogP contribution in [0.1, 0.15) is 66.8 Å². The number of ketones is 1. The minimum absolute atomic E-state index is 0.145. The number of piperidine rings is 1. The second kappa shape index (κ2) is 10.6. The quantitative estimate of drug-likeness (QED) is 0.449. The number of hydrogen-bond acceptors (Lipinski definition) is 6. The number of nitrogens with zero attached hydrogens (tertiary/aromatic N) is 2. The molecule has 0 bridgehead atoms. The summed E-state index contributed by atoms with van der Waals surface area (Å²) in [6.45, 7) is 0.164. The third-order valence-corrected chi connectivity index (χ3v) is 8.60. The molecule has 1 aromatic carbocycles. The number of carbonyl (C=O) groups is 2. The van der Waals surface area contributed by atoms with Crippen molar-refractivity contribution in [3.05, 3.63) is 59.9 Å². The average molecular weight is 471 g/mol. The highest BCUT2D eigenvalue weighted by atomic mass is 32.2. The number of hydrogen-bond donors (Lipinski definition) is 0. The first-order valence-corrected chi connectivity index (χ1v) is 13.1. The van der Waals surface area contributed by atoms with Gasteiger partial charge in [0.15, 0.2) is 12.4 Å². The van der Waals surface area contributed by atoms with Gasteiger partial charge in [-0.25, -0.2) is 8.42 Å². The van der Waals surface area contributed by atoms with E-state index in [2.05, 4.69) is 4.98 Å². The molecule has 2 aliphatic rings. The van der Waals surface area contributed by atoms with Crippen LogP contribution in [-0.2, 0) is 19.6 Å².